The largest absolute Gasteiger partial charge is 0.406 e. The Morgan fingerprint density at radius 1 is 1.40 bits per heavy atom. The van der Waals surface area contributed by atoms with E-state index in [1.165, 1.54) is 16.2 Å². The van der Waals surface area contributed by atoms with Crippen LogP contribution in [0.15, 0.2) is 0 Å². The molecule has 0 aliphatic heterocycles. The predicted molar refractivity (Wildman–Crippen MR) is 75.4 cm³/mol. The van der Waals surface area contributed by atoms with Gasteiger partial charge in [-0.2, -0.15) is 13.2 Å². The average molecular weight is 307 g/mol. The van der Waals surface area contributed by atoms with E-state index in [-0.39, 0.29) is 6.04 Å². The molecule has 1 heterocycles. The molecule has 20 heavy (non-hydrogen) atoms. The normalized spacial score (nSPS) is 18.9. The van der Waals surface area contributed by atoms with Gasteiger partial charge in [0, 0.05) is 11.4 Å². The third-order valence-electron chi connectivity index (χ3n) is 3.42. The van der Waals surface area contributed by atoms with Crippen molar-refractivity contribution in [3.8, 4) is 0 Å². The van der Waals surface area contributed by atoms with Gasteiger partial charge in [-0.1, -0.05) is 6.92 Å². The van der Waals surface area contributed by atoms with E-state index in [2.05, 4.69) is 10.3 Å². The standard InChI is InChI=1S/C13H20F3N3S/c1-3-17-9-6-5-7-10-11(9)18-12(20-10)19(4-2)8-13(14,15)16/h9,17H,3-8H2,1-2H3. The quantitative estimate of drug-likeness (QED) is 0.902. The number of anilines is 1. The van der Waals surface area contributed by atoms with Crippen LogP contribution in [0, 0.1) is 0 Å². The molecule has 1 aromatic rings. The fourth-order valence-corrected chi connectivity index (χ4v) is 3.74. The fraction of sp³-hybridized carbons (Fsp3) is 0.769. The number of thiazole rings is 1. The smallest absolute Gasteiger partial charge is 0.339 e. The number of fused-ring (bicyclic) bond motifs is 1. The number of halogens is 3. The minimum atomic E-state index is -4.19. The Morgan fingerprint density at radius 3 is 2.75 bits per heavy atom. The summed E-state index contributed by atoms with van der Waals surface area (Å²) in [4.78, 5) is 6.94. The molecular formula is C13H20F3N3S. The van der Waals surface area contributed by atoms with E-state index < -0.39 is 12.7 Å². The van der Waals surface area contributed by atoms with Crippen LogP contribution in [0.5, 0.6) is 0 Å². The van der Waals surface area contributed by atoms with Gasteiger partial charge in [-0.05, 0) is 32.7 Å². The van der Waals surface area contributed by atoms with Crippen LogP contribution in [0.1, 0.15) is 43.3 Å². The highest BCUT2D eigenvalue weighted by atomic mass is 32.1. The maximum atomic E-state index is 12.6. The molecule has 1 aliphatic carbocycles. The van der Waals surface area contributed by atoms with E-state index in [0.717, 1.165) is 36.4 Å². The molecule has 0 fully saturated rings. The number of alkyl halides is 3. The molecule has 0 radical (unpaired) electrons. The van der Waals surface area contributed by atoms with Gasteiger partial charge in [0.1, 0.15) is 6.54 Å². The second-order valence-corrected chi connectivity index (χ2v) is 6.00. The van der Waals surface area contributed by atoms with Gasteiger partial charge < -0.3 is 10.2 Å². The molecule has 3 nitrogen and oxygen atoms in total. The zero-order valence-corrected chi connectivity index (χ0v) is 12.6. The summed E-state index contributed by atoms with van der Waals surface area (Å²) >= 11 is 1.41. The Kier molecular flexibility index (Phi) is 4.90. The van der Waals surface area contributed by atoms with Crippen molar-refractivity contribution in [2.45, 2.75) is 45.3 Å². The van der Waals surface area contributed by atoms with Crippen molar-refractivity contribution in [2.24, 2.45) is 0 Å². The Hall–Kier alpha value is -0.820. The van der Waals surface area contributed by atoms with Gasteiger partial charge in [0.2, 0.25) is 0 Å². The zero-order valence-electron chi connectivity index (χ0n) is 11.8. The van der Waals surface area contributed by atoms with Crippen molar-refractivity contribution in [3.63, 3.8) is 0 Å². The first kappa shape index (κ1) is 15.6. The van der Waals surface area contributed by atoms with Crippen molar-refractivity contribution in [1.82, 2.24) is 10.3 Å². The molecule has 1 unspecified atom stereocenters. The van der Waals surface area contributed by atoms with E-state index in [1.807, 2.05) is 6.92 Å². The molecule has 0 saturated heterocycles. The van der Waals surface area contributed by atoms with Crippen molar-refractivity contribution >= 4 is 16.5 Å². The van der Waals surface area contributed by atoms with Gasteiger partial charge in [-0.25, -0.2) is 4.98 Å². The molecule has 1 atom stereocenters. The van der Waals surface area contributed by atoms with Crippen LogP contribution >= 0.6 is 11.3 Å². The summed E-state index contributed by atoms with van der Waals surface area (Å²) in [5.74, 6) is 0. The Labute approximate surface area is 121 Å². The van der Waals surface area contributed by atoms with E-state index in [9.17, 15) is 13.2 Å². The van der Waals surface area contributed by atoms with Gasteiger partial charge in [-0.3, -0.25) is 0 Å². The maximum Gasteiger partial charge on any atom is 0.406 e. The average Bonchev–Trinajstić information content (AvgIpc) is 2.80. The topological polar surface area (TPSA) is 28.2 Å². The minimum absolute atomic E-state index is 0.193. The van der Waals surface area contributed by atoms with Crippen molar-refractivity contribution in [3.05, 3.63) is 10.6 Å². The molecule has 114 valence electrons. The number of hydrogen-bond donors (Lipinski definition) is 1. The number of nitrogens with zero attached hydrogens (tertiary/aromatic N) is 2. The van der Waals surface area contributed by atoms with Crippen LogP contribution in [-0.4, -0.2) is 30.8 Å². The first-order valence-electron chi connectivity index (χ1n) is 6.99. The molecular weight excluding hydrogens is 287 g/mol. The van der Waals surface area contributed by atoms with E-state index in [0.29, 0.717) is 11.7 Å². The number of nitrogens with one attached hydrogen (secondary N) is 1. The third-order valence-corrected chi connectivity index (χ3v) is 4.61. The van der Waals surface area contributed by atoms with Gasteiger partial charge in [0.25, 0.3) is 0 Å². The van der Waals surface area contributed by atoms with E-state index >= 15 is 0 Å². The first-order valence-corrected chi connectivity index (χ1v) is 7.81. The highest BCUT2D eigenvalue weighted by Crippen LogP contribution is 2.37. The van der Waals surface area contributed by atoms with Gasteiger partial charge in [0.15, 0.2) is 5.13 Å². The summed E-state index contributed by atoms with van der Waals surface area (Å²) in [6, 6.07) is 0.193. The summed E-state index contributed by atoms with van der Waals surface area (Å²) < 4.78 is 37.7. The summed E-state index contributed by atoms with van der Waals surface area (Å²) in [6.07, 6.45) is -1.19. The Balaban J connectivity index is 2.21. The van der Waals surface area contributed by atoms with Crippen molar-refractivity contribution in [2.75, 3.05) is 24.5 Å². The molecule has 0 aromatic carbocycles. The molecule has 0 amide bonds. The lowest BCUT2D eigenvalue weighted by atomic mass is 9.98. The lowest BCUT2D eigenvalue weighted by molar-refractivity contribution is -0.119. The maximum absolute atomic E-state index is 12.6. The Morgan fingerprint density at radius 2 is 2.15 bits per heavy atom. The first-order chi connectivity index (χ1) is 9.44. The Bertz CT molecular complexity index is 445. The summed E-state index contributed by atoms with van der Waals surface area (Å²) in [6.45, 7) is 3.99. The van der Waals surface area contributed by atoms with E-state index in [4.69, 9.17) is 0 Å². The SMILES string of the molecule is CCNC1CCCc2sc(N(CC)CC(F)(F)F)nc21. The molecule has 0 saturated carbocycles. The molecule has 0 spiro atoms. The third kappa shape index (κ3) is 3.63. The van der Waals surface area contributed by atoms with Crippen LogP contribution in [-0.2, 0) is 6.42 Å². The monoisotopic (exact) mass is 307 g/mol. The molecule has 7 heteroatoms. The summed E-state index contributed by atoms with van der Waals surface area (Å²) in [7, 11) is 0. The van der Waals surface area contributed by atoms with Gasteiger partial charge >= 0.3 is 6.18 Å². The van der Waals surface area contributed by atoms with Crippen molar-refractivity contribution in [1.29, 1.82) is 0 Å². The van der Waals surface area contributed by atoms with Crippen LogP contribution < -0.4 is 10.2 Å². The molecule has 2 rings (SSSR count). The van der Waals surface area contributed by atoms with Gasteiger partial charge in [-0.15, -0.1) is 11.3 Å². The number of rotatable bonds is 5. The molecule has 0 bridgehead atoms. The molecule has 1 aliphatic rings. The van der Waals surface area contributed by atoms with Crippen LogP contribution in [0.4, 0.5) is 18.3 Å². The van der Waals surface area contributed by atoms with Gasteiger partial charge in [0.05, 0.1) is 11.7 Å². The minimum Gasteiger partial charge on any atom is -0.339 e. The fourth-order valence-electron chi connectivity index (χ4n) is 2.52. The van der Waals surface area contributed by atoms with Crippen LogP contribution in [0.25, 0.3) is 0 Å². The van der Waals surface area contributed by atoms with Crippen LogP contribution in [0.2, 0.25) is 0 Å². The van der Waals surface area contributed by atoms with Crippen molar-refractivity contribution < 1.29 is 13.2 Å². The summed E-state index contributed by atoms with van der Waals surface area (Å²) in [5, 5.41) is 3.86. The second kappa shape index (κ2) is 6.30. The highest BCUT2D eigenvalue weighted by molar-refractivity contribution is 7.15. The number of aromatic nitrogens is 1. The molecule has 1 aromatic heterocycles. The number of hydrogen-bond acceptors (Lipinski definition) is 4. The predicted octanol–water partition coefficient (Wildman–Crippen LogP) is 3.52. The summed E-state index contributed by atoms with van der Waals surface area (Å²) in [5.41, 5.74) is 0.957. The lowest BCUT2D eigenvalue weighted by Crippen LogP contribution is -2.34. The second-order valence-electron chi connectivity index (χ2n) is 4.94. The zero-order chi connectivity index (χ0) is 14.8. The number of aryl methyl sites for hydroxylation is 1. The van der Waals surface area contributed by atoms with Crippen LogP contribution in [0.3, 0.4) is 0 Å². The lowest BCUT2D eigenvalue weighted by Gasteiger charge is -2.22. The highest BCUT2D eigenvalue weighted by Gasteiger charge is 2.33. The van der Waals surface area contributed by atoms with E-state index in [1.54, 1.807) is 6.92 Å². The molecule has 1 N–H and O–H groups in total.